The zero-order chi connectivity index (χ0) is 12.0. The maximum atomic E-state index is 3.66. The molecule has 0 saturated carbocycles. The molecule has 2 rings (SSSR count). The van der Waals surface area contributed by atoms with Gasteiger partial charge in [-0.25, -0.2) is 0 Å². The van der Waals surface area contributed by atoms with Crippen LogP contribution in [0.25, 0.3) is 11.1 Å². The average molecular weight is 510 g/mol. The molecule has 0 radical (unpaired) electrons. The highest BCUT2D eigenvalue weighted by molar-refractivity contribution is 9.12. The fourth-order valence-corrected chi connectivity index (χ4v) is 7.26. The molecule has 0 amide bonds. The molecule has 2 heterocycles. The summed E-state index contributed by atoms with van der Waals surface area (Å²) in [6.45, 7) is 4.23. The lowest BCUT2D eigenvalue weighted by Gasteiger charge is -2.01. The summed E-state index contributed by atoms with van der Waals surface area (Å²) in [7, 11) is 0. The van der Waals surface area contributed by atoms with E-state index in [1.165, 1.54) is 29.8 Å². The molecule has 0 aliphatic carbocycles. The zero-order valence-corrected chi connectivity index (χ0v) is 16.3. The third-order valence-corrected chi connectivity index (χ3v) is 8.24. The Bertz CT molecular complexity index is 503. The molecule has 0 atom stereocenters. The van der Waals surface area contributed by atoms with Gasteiger partial charge in [0.05, 0.1) is 7.57 Å². The first-order chi connectivity index (χ1) is 7.43. The van der Waals surface area contributed by atoms with Gasteiger partial charge in [0.25, 0.3) is 0 Å². The van der Waals surface area contributed by atoms with Gasteiger partial charge < -0.3 is 0 Å². The number of aryl methyl sites for hydroxylation is 2. The molecule has 0 saturated heterocycles. The predicted molar refractivity (Wildman–Crippen MR) is 87.9 cm³/mol. The van der Waals surface area contributed by atoms with E-state index in [2.05, 4.69) is 77.6 Å². The van der Waals surface area contributed by atoms with Crippen LogP contribution in [0.4, 0.5) is 0 Å². The van der Waals surface area contributed by atoms with Gasteiger partial charge >= 0.3 is 0 Å². The monoisotopic (exact) mass is 506 g/mol. The number of rotatable bonds is 1. The maximum Gasteiger partial charge on any atom is 0.0792 e. The normalized spacial score (nSPS) is 11.1. The fraction of sp³-hybridized carbons (Fsp3) is 0.200. The van der Waals surface area contributed by atoms with Crippen molar-refractivity contribution in [2.45, 2.75) is 13.8 Å². The van der Waals surface area contributed by atoms with Gasteiger partial charge in [0.2, 0.25) is 0 Å². The van der Waals surface area contributed by atoms with Gasteiger partial charge in [-0.05, 0) is 77.6 Å². The maximum absolute atomic E-state index is 3.66. The van der Waals surface area contributed by atoms with Crippen molar-refractivity contribution in [2.75, 3.05) is 0 Å². The zero-order valence-electron chi connectivity index (χ0n) is 8.33. The van der Waals surface area contributed by atoms with Crippen molar-refractivity contribution in [3.8, 4) is 11.1 Å². The second-order valence-corrected chi connectivity index (χ2v) is 9.91. The highest BCUT2D eigenvalue weighted by atomic mass is 79.9. The molecule has 0 nitrogen and oxygen atoms in total. The van der Waals surface area contributed by atoms with E-state index < -0.39 is 0 Å². The van der Waals surface area contributed by atoms with Crippen molar-refractivity contribution < 1.29 is 0 Å². The Hall–Kier alpha value is 1.32. The third-order valence-electron chi connectivity index (χ3n) is 2.19. The van der Waals surface area contributed by atoms with Crippen molar-refractivity contribution in [1.29, 1.82) is 0 Å². The van der Waals surface area contributed by atoms with E-state index >= 15 is 0 Å². The topological polar surface area (TPSA) is 0 Å². The van der Waals surface area contributed by atoms with Gasteiger partial charge in [0.1, 0.15) is 0 Å². The highest BCUT2D eigenvalue weighted by Crippen LogP contribution is 2.51. The highest BCUT2D eigenvalue weighted by Gasteiger charge is 2.21. The molecule has 2 aromatic heterocycles. The second kappa shape index (κ2) is 5.13. The van der Waals surface area contributed by atoms with E-state index in [1.807, 2.05) is 0 Å². The molecule has 0 aliphatic heterocycles. The van der Waals surface area contributed by atoms with Gasteiger partial charge in [0, 0.05) is 29.8 Å². The molecule has 86 valence electrons. The lowest BCUT2D eigenvalue weighted by molar-refractivity contribution is 1.54. The number of halogens is 4. The molecule has 2 aromatic rings. The number of hydrogen-bond acceptors (Lipinski definition) is 2. The van der Waals surface area contributed by atoms with Crippen LogP contribution >= 0.6 is 86.4 Å². The Labute approximate surface area is 136 Å². The molecule has 0 aromatic carbocycles. The van der Waals surface area contributed by atoms with Crippen LogP contribution in [0, 0.1) is 13.8 Å². The number of hydrogen-bond donors (Lipinski definition) is 0. The molecule has 6 heteroatoms. The second-order valence-electron chi connectivity index (χ2n) is 3.24. The fourth-order valence-electron chi connectivity index (χ4n) is 1.40. The standard InChI is InChI=1S/C10H6Br4S2/c1-3-7(11)5(9(13)15-3)6-8(12)4(2)16-10(6)14/h1-2H3. The van der Waals surface area contributed by atoms with Gasteiger partial charge in [-0.3, -0.25) is 0 Å². The first-order valence-corrected chi connectivity index (χ1v) is 9.13. The first-order valence-electron chi connectivity index (χ1n) is 4.32. The lowest BCUT2D eigenvalue weighted by Crippen LogP contribution is -1.76. The largest absolute Gasteiger partial charge is 0.132 e. The molecule has 0 spiro atoms. The van der Waals surface area contributed by atoms with E-state index in [9.17, 15) is 0 Å². The van der Waals surface area contributed by atoms with Crippen LogP contribution in [0.2, 0.25) is 0 Å². The van der Waals surface area contributed by atoms with Gasteiger partial charge in [-0.1, -0.05) is 0 Å². The van der Waals surface area contributed by atoms with Crippen LogP contribution in [-0.2, 0) is 0 Å². The molecular formula is C10H6Br4S2. The molecule has 0 unspecified atom stereocenters. The molecule has 0 bridgehead atoms. The average Bonchev–Trinajstić information content (AvgIpc) is 2.57. The van der Waals surface area contributed by atoms with Gasteiger partial charge in [-0.15, -0.1) is 22.7 Å². The summed E-state index contributed by atoms with van der Waals surface area (Å²) in [6, 6.07) is 0. The van der Waals surface area contributed by atoms with Crippen LogP contribution in [0.3, 0.4) is 0 Å². The van der Waals surface area contributed by atoms with Crippen molar-refractivity contribution >= 4 is 86.4 Å². The Morgan fingerprint density at radius 1 is 0.688 bits per heavy atom. The predicted octanol–water partition coefficient (Wildman–Crippen LogP) is 7.14. The third kappa shape index (κ3) is 2.26. The van der Waals surface area contributed by atoms with Crippen LogP contribution < -0.4 is 0 Å². The molecule has 0 N–H and O–H groups in total. The number of thiophene rings is 2. The lowest BCUT2D eigenvalue weighted by atomic mass is 10.2. The molecule has 16 heavy (non-hydrogen) atoms. The van der Waals surface area contributed by atoms with Crippen LogP contribution in [0.5, 0.6) is 0 Å². The van der Waals surface area contributed by atoms with Crippen LogP contribution in [-0.4, -0.2) is 0 Å². The van der Waals surface area contributed by atoms with Crippen molar-refractivity contribution in [2.24, 2.45) is 0 Å². The first kappa shape index (κ1) is 13.7. The smallest absolute Gasteiger partial charge is 0.0792 e. The van der Waals surface area contributed by atoms with Crippen LogP contribution in [0.15, 0.2) is 16.5 Å². The van der Waals surface area contributed by atoms with E-state index in [4.69, 9.17) is 0 Å². The summed E-state index contributed by atoms with van der Waals surface area (Å²) >= 11 is 18.1. The quantitative estimate of drug-likeness (QED) is 0.383. The van der Waals surface area contributed by atoms with Crippen molar-refractivity contribution in [3.05, 3.63) is 26.3 Å². The Balaban J connectivity index is 2.76. The summed E-state index contributed by atoms with van der Waals surface area (Å²) in [5.74, 6) is 0. The molecular weight excluding hydrogens is 504 g/mol. The Morgan fingerprint density at radius 3 is 1.19 bits per heavy atom. The van der Waals surface area contributed by atoms with E-state index in [0.29, 0.717) is 0 Å². The summed E-state index contributed by atoms with van der Waals surface area (Å²) in [5, 5.41) is 0. The van der Waals surface area contributed by atoms with Crippen molar-refractivity contribution in [3.63, 3.8) is 0 Å². The SMILES string of the molecule is Cc1sc(Br)c(-c2c(Br)sc(C)c2Br)c1Br. The summed E-state index contributed by atoms with van der Waals surface area (Å²) in [5.41, 5.74) is 2.45. The van der Waals surface area contributed by atoms with Gasteiger partial charge in [0.15, 0.2) is 0 Å². The van der Waals surface area contributed by atoms with E-state index in [-0.39, 0.29) is 0 Å². The molecule has 0 aliphatic rings. The minimum Gasteiger partial charge on any atom is -0.132 e. The minimum absolute atomic E-state index is 1.16. The van der Waals surface area contributed by atoms with Crippen LogP contribution in [0.1, 0.15) is 9.75 Å². The molecule has 0 fully saturated rings. The Morgan fingerprint density at radius 2 is 1.00 bits per heavy atom. The minimum atomic E-state index is 1.16. The Kier molecular flexibility index (Phi) is 4.41. The van der Waals surface area contributed by atoms with Gasteiger partial charge in [-0.2, -0.15) is 0 Å². The van der Waals surface area contributed by atoms with E-state index in [0.717, 1.165) is 7.57 Å². The summed E-state index contributed by atoms with van der Waals surface area (Å²) < 4.78 is 4.67. The summed E-state index contributed by atoms with van der Waals surface area (Å²) in [6.07, 6.45) is 0. The van der Waals surface area contributed by atoms with E-state index in [1.54, 1.807) is 22.7 Å². The van der Waals surface area contributed by atoms with Crippen molar-refractivity contribution in [1.82, 2.24) is 0 Å². The summed E-state index contributed by atoms with van der Waals surface area (Å²) in [4.78, 5) is 2.56.